The number of amides is 3. The quantitative estimate of drug-likeness (QED) is 0.445. The van der Waals surface area contributed by atoms with Crippen molar-refractivity contribution in [1.29, 1.82) is 5.26 Å². The van der Waals surface area contributed by atoms with Gasteiger partial charge in [-0.15, -0.1) is 11.3 Å². The van der Waals surface area contributed by atoms with Gasteiger partial charge in [0.25, 0.3) is 0 Å². The Morgan fingerprint density at radius 3 is 2.88 bits per heavy atom. The summed E-state index contributed by atoms with van der Waals surface area (Å²) in [5.74, 6) is 0.159. The highest BCUT2D eigenvalue weighted by Gasteiger charge is 2.24. The highest BCUT2D eigenvalue weighted by molar-refractivity contribution is 7.14. The van der Waals surface area contributed by atoms with Crippen LogP contribution < -0.4 is 21.3 Å². The van der Waals surface area contributed by atoms with Gasteiger partial charge in [-0.05, 0) is 25.0 Å². The van der Waals surface area contributed by atoms with E-state index in [1.165, 1.54) is 11.3 Å². The number of nitrogens with zero attached hydrogens (tertiary/aromatic N) is 5. The van der Waals surface area contributed by atoms with Crippen LogP contribution in [0.5, 0.6) is 0 Å². The predicted molar refractivity (Wildman–Crippen MR) is 121 cm³/mol. The van der Waals surface area contributed by atoms with Crippen LogP contribution >= 0.6 is 11.3 Å². The molecule has 3 heterocycles. The monoisotopic (exact) mass is 450 g/mol. The molecule has 1 fully saturated rings. The number of nitrogens with one attached hydrogen (secondary N) is 2. The zero-order chi connectivity index (χ0) is 22.5. The molecule has 1 aliphatic rings. The lowest BCUT2D eigenvalue weighted by Crippen LogP contribution is -2.28. The van der Waals surface area contributed by atoms with Gasteiger partial charge in [-0.2, -0.15) is 10.4 Å². The Balaban J connectivity index is 1.28. The van der Waals surface area contributed by atoms with E-state index < -0.39 is 0 Å². The minimum Gasteiger partial charge on any atom is -0.382 e. The summed E-state index contributed by atoms with van der Waals surface area (Å²) in [5, 5.41) is 21.9. The number of nitrogens with two attached hydrogens (primary N) is 1. The van der Waals surface area contributed by atoms with Crippen LogP contribution in [0.3, 0.4) is 0 Å². The molecule has 164 valence electrons. The minimum absolute atomic E-state index is 0.144. The summed E-state index contributed by atoms with van der Waals surface area (Å²) in [6.07, 6.45) is 1.27. The van der Waals surface area contributed by atoms with Gasteiger partial charge in [-0.3, -0.25) is 9.69 Å². The first-order chi connectivity index (χ1) is 15.6. The van der Waals surface area contributed by atoms with Crippen LogP contribution in [0.1, 0.15) is 23.4 Å². The zero-order valence-electron chi connectivity index (χ0n) is 17.2. The zero-order valence-corrected chi connectivity index (χ0v) is 18.1. The van der Waals surface area contributed by atoms with Crippen LogP contribution in [-0.4, -0.2) is 46.3 Å². The highest BCUT2D eigenvalue weighted by atomic mass is 32.1. The molecule has 0 unspecified atom stereocenters. The third-order valence-electron chi connectivity index (χ3n) is 4.99. The second-order valence-corrected chi connectivity index (χ2v) is 8.04. The van der Waals surface area contributed by atoms with E-state index in [0.29, 0.717) is 60.4 Å². The first-order valence-electron chi connectivity index (χ1n) is 10.2. The van der Waals surface area contributed by atoms with Gasteiger partial charge in [0.2, 0.25) is 5.91 Å². The predicted octanol–water partition coefficient (Wildman–Crippen LogP) is 1.60. The summed E-state index contributed by atoms with van der Waals surface area (Å²) >= 11 is 1.34. The second kappa shape index (κ2) is 9.49. The Bertz CT molecular complexity index is 1160. The van der Waals surface area contributed by atoms with Crippen molar-refractivity contribution < 1.29 is 9.59 Å². The minimum atomic E-state index is -0.164. The van der Waals surface area contributed by atoms with Gasteiger partial charge in [0, 0.05) is 25.0 Å². The van der Waals surface area contributed by atoms with Crippen LogP contribution in [0.4, 0.5) is 15.7 Å². The largest absolute Gasteiger partial charge is 0.382 e. The number of carbonyl (C=O) groups is 2. The van der Waals surface area contributed by atoms with Crippen LogP contribution in [0, 0.1) is 11.3 Å². The number of nitriles is 1. The summed E-state index contributed by atoms with van der Waals surface area (Å²) in [6, 6.07) is 11.4. The van der Waals surface area contributed by atoms with Crippen molar-refractivity contribution in [3.63, 3.8) is 0 Å². The molecule has 3 amide bonds. The molecule has 0 radical (unpaired) electrons. The van der Waals surface area contributed by atoms with E-state index in [1.54, 1.807) is 15.0 Å². The molecule has 0 atom stereocenters. The summed E-state index contributed by atoms with van der Waals surface area (Å²) in [4.78, 5) is 29.9. The molecule has 0 aliphatic carbocycles. The average Bonchev–Trinajstić information content (AvgIpc) is 3.50. The van der Waals surface area contributed by atoms with Crippen molar-refractivity contribution in [2.45, 2.75) is 19.3 Å². The van der Waals surface area contributed by atoms with Crippen LogP contribution in [-0.2, 0) is 17.6 Å². The molecular formula is C21H22N8O2S. The number of urea groups is 1. The van der Waals surface area contributed by atoms with Crippen molar-refractivity contribution >= 4 is 34.2 Å². The standard InChI is InChI=1S/C21H22N8O2S/c22-12-16-17(27-29(19(16)23)15-5-2-1-3-6-15)7-4-8-24-18(30)11-14-13-32-21(26-14)28-10-9-25-20(28)31/h1-3,5-6,13H,4,7-11,23H2,(H,24,30)(H,25,31). The SMILES string of the molecule is N#Cc1c(CCCNC(=O)Cc2csc(N3CCNC3=O)n2)nn(-c2ccccc2)c1N. The molecule has 2 aromatic heterocycles. The van der Waals surface area contributed by atoms with Crippen LogP contribution in [0.25, 0.3) is 5.69 Å². The van der Waals surface area contributed by atoms with Gasteiger partial charge in [0.15, 0.2) is 5.13 Å². The molecule has 11 heteroatoms. The van der Waals surface area contributed by atoms with E-state index in [2.05, 4.69) is 26.8 Å². The van der Waals surface area contributed by atoms with Gasteiger partial charge in [-0.25, -0.2) is 14.5 Å². The van der Waals surface area contributed by atoms with Crippen molar-refractivity contribution in [3.8, 4) is 11.8 Å². The topological polar surface area (TPSA) is 142 Å². The maximum atomic E-state index is 12.3. The fourth-order valence-corrected chi connectivity index (χ4v) is 4.26. The number of hydrogen-bond acceptors (Lipinski definition) is 7. The molecule has 4 rings (SSSR count). The fourth-order valence-electron chi connectivity index (χ4n) is 3.41. The number of carbonyl (C=O) groups excluding carboxylic acids is 2. The summed E-state index contributed by atoms with van der Waals surface area (Å²) < 4.78 is 1.56. The number of anilines is 2. The Morgan fingerprint density at radius 1 is 1.34 bits per heavy atom. The lowest BCUT2D eigenvalue weighted by atomic mass is 10.1. The first kappa shape index (κ1) is 21.3. The number of nitrogen functional groups attached to an aromatic ring is 1. The number of rotatable bonds is 8. The third-order valence-corrected chi connectivity index (χ3v) is 5.90. The molecule has 1 aliphatic heterocycles. The molecule has 1 saturated heterocycles. The van der Waals surface area contributed by atoms with Gasteiger partial charge in [-0.1, -0.05) is 18.2 Å². The number of benzene rings is 1. The lowest BCUT2D eigenvalue weighted by Gasteiger charge is -2.08. The first-order valence-corrected chi connectivity index (χ1v) is 11.0. The molecule has 10 nitrogen and oxygen atoms in total. The van der Waals surface area contributed by atoms with E-state index >= 15 is 0 Å². The summed E-state index contributed by atoms with van der Waals surface area (Å²) in [6.45, 7) is 1.61. The van der Waals surface area contributed by atoms with E-state index in [4.69, 9.17) is 5.73 Å². The maximum absolute atomic E-state index is 12.3. The van der Waals surface area contributed by atoms with Crippen molar-refractivity contribution in [3.05, 3.63) is 52.7 Å². The lowest BCUT2D eigenvalue weighted by molar-refractivity contribution is -0.120. The van der Waals surface area contributed by atoms with E-state index in [1.807, 2.05) is 30.3 Å². The van der Waals surface area contributed by atoms with Crippen LogP contribution in [0.2, 0.25) is 0 Å². The second-order valence-electron chi connectivity index (χ2n) is 7.20. The Kier molecular flexibility index (Phi) is 6.32. The van der Waals surface area contributed by atoms with Gasteiger partial charge >= 0.3 is 6.03 Å². The fraction of sp³-hybridized carbons (Fsp3) is 0.286. The van der Waals surface area contributed by atoms with E-state index in [0.717, 1.165) is 5.69 Å². The number of aromatic nitrogens is 3. The average molecular weight is 451 g/mol. The highest BCUT2D eigenvalue weighted by Crippen LogP contribution is 2.23. The number of thiazole rings is 1. The van der Waals surface area contributed by atoms with Crippen molar-refractivity contribution in [2.24, 2.45) is 0 Å². The van der Waals surface area contributed by atoms with Crippen molar-refractivity contribution in [2.75, 3.05) is 30.3 Å². The third kappa shape index (κ3) is 4.55. The van der Waals surface area contributed by atoms with E-state index in [9.17, 15) is 14.9 Å². The van der Waals surface area contributed by atoms with Crippen molar-refractivity contribution in [1.82, 2.24) is 25.4 Å². The summed E-state index contributed by atoms with van der Waals surface area (Å²) in [5.41, 5.74) is 8.50. The maximum Gasteiger partial charge on any atom is 0.323 e. The van der Waals surface area contributed by atoms with Crippen LogP contribution in [0.15, 0.2) is 35.7 Å². The Morgan fingerprint density at radius 2 is 2.16 bits per heavy atom. The Hall–Kier alpha value is -3.91. The number of aryl methyl sites for hydroxylation is 1. The molecule has 32 heavy (non-hydrogen) atoms. The van der Waals surface area contributed by atoms with Gasteiger partial charge in [0.05, 0.1) is 23.5 Å². The smallest absolute Gasteiger partial charge is 0.323 e. The van der Waals surface area contributed by atoms with Gasteiger partial charge < -0.3 is 16.4 Å². The summed E-state index contributed by atoms with van der Waals surface area (Å²) in [7, 11) is 0. The molecule has 4 N–H and O–H groups in total. The molecule has 1 aromatic carbocycles. The van der Waals surface area contributed by atoms with E-state index in [-0.39, 0.29) is 18.4 Å². The molecule has 0 saturated carbocycles. The molecule has 0 bridgehead atoms. The Labute approximate surface area is 188 Å². The number of para-hydroxylation sites is 1. The van der Waals surface area contributed by atoms with Gasteiger partial charge in [0.1, 0.15) is 17.5 Å². The normalized spacial score (nSPS) is 13.1. The number of hydrogen-bond donors (Lipinski definition) is 3. The molecular weight excluding hydrogens is 428 g/mol. The molecule has 0 spiro atoms. The molecule has 3 aromatic rings.